The molecule has 0 saturated heterocycles. The van der Waals surface area contributed by atoms with E-state index >= 15 is 0 Å². The summed E-state index contributed by atoms with van der Waals surface area (Å²) in [6, 6.07) is 17.7. The van der Waals surface area contributed by atoms with Gasteiger partial charge in [0.2, 0.25) is 0 Å². The van der Waals surface area contributed by atoms with E-state index in [4.69, 9.17) is 18.2 Å². The Kier molecular flexibility index (Phi) is 7.07. The standard InChI is InChI=1S/C25H37N3O2SSi3/c1-19(18-34(8,29-32(2,3)4)30-33(5,6)7)17-28-22-15-11-9-13-20(22)26-24(28)25-27-21-14-10-12-16-23(21)31-25/h9-16,19H,17-18H2,1-8H3. The van der Waals surface area contributed by atoms with Crippen molar-refractivity contribution in [1.82, 2.24) is 14.5 Å². The van der Waals surface area contributed by atoms with Crippen molar-refractivity contribution in [3.05, 3.63) is 48.5 Å². The lowest BCUT2D eigenvalue weighted by Crippen LogP contribution is -2.53. The maximum atomic E-state index is 6.79. The second kappa shape index (κ2) is 9.44. The van der Waals surface area contributed by atoms with Crippen LogP contribution >= 0.6 is 11.3 Å². The molecule has 182 valence electrons. The SMILES string of the molecule is CC(Cn1c(-c2nc3ccccc3s2)nc2ccccc21)C[Si](C)(O[Si](C)(C)C)O[Si](C)(C)C. The zero-order chi connectivity index (χ0) is 24.7. The van der Waals surface area contributed by atoms with Crippen LogP contribution < -0.4 is 0 Å². The van der Waals surface area contributed by atoms with Crippen LogP contribution in [0.25, 0.3) is 32.1 Å². The lowest BCUT2D eigenvalue weighted by atomic mass is 10.2. The Labute approximate surface area is 210 Å². The zero-order valence-corrected chi connectivity index (χ0v) is 25.5. The Morgan fingerprint density at radius 1 is 0.824 bits per heavy atom. The fourth-order valence-corrected chi connectivity index (χ4v) is 18.7. The highest BCUT2D eigenvalue weighted by Gasteiger charge is 2.41. The number of nitrogens with zero attached hydrogens (tertiary/aromatic N) is 3. The topological polar surface area (TPSA) is 49.2 Å². The van der Waals surface area contributed by atoms with Crippen molar-refractivity contribution in [3.63, 3.8) is 0 Å². The lowest BCUT2D eigenvalue weighted by Gasteiger charge is -2.39. The molecule has 0 N–H and O–H groups in total. The number of aromatic nitrogens is 3. The van der Waals surface area contributed by atoms with Crippen molar-refractivity contribution in [2.45, 2.75) is 65.3 Å². The van der Waals surface area contributed by atoms with Crippen LogP contribution in [0, 0.1) is 5.92 Å². The molecule has 2 aromatic heterocycles. The van der Waals surface area contributed by atoms with Gasteiger partial charge in [-0.1, -0.05) is 31.2 Å². The molecule has 4 aromatic rings. The number of fused-ring (bicyclic) bond motifs is 2. The van der Waals surface area contributed by atoms with E-state index in [0.717, 1.165) is 40.0 Å². The van der Waals surface area contributed by atoms with E-state index in [-0.39, 0.29) is 0 Å². The molecule has 1 unspecified atom stereocenters. The Morgan fingerprint density at radius 3 is 2.03 bits per heavy atom. The average molecular weight is 528 g/mol. The summed E-state index contributed by atoms with van der Waals surface area (Å²) in [6.07, 6.45) is 0. The second-order valence-corrected chi connectivity index (χ2v) is 25.2. The third-order valence-electron chi connectivity index (χ3n) is 5.40. The number of thiazole rings is 1. The van der Waals surface area contributed by atoms with Gasteiger partial charge in [0.1, 0.15) is 0 Å². The molecule has 0 radical (unpaired) electrons. The molecule has 0 bridgehead atoms. The summed E-state index contributed by atoms with van der Waals surface area (Å²) >= 11 is 1.71. The van der Waals surface area contributed by atoms with Gasteiger partial charge >= 0.3 is 8.56 Å². The van der Waals surface area contributed by atoms with Crippen LogP contribution in [0.2, 0.25) is 51.9 Å². The van der Waals surface area contributed by atoms with E-state index in [1.807, 2.05) is 6.07 Å². The number of para-hydroxylation sites is 3. The summed E-state index contributed by atoms with van der Waals surface area (Å²) in [5.74, 6) is 1.34. The van der Waals surface area contributed by atoms with E-state index in [0.29, 0.717) is 5.92 Å². The first kappa shape index (κ1) is 25.5. The predicted molar refractivity (Wildman–Crippen MR) is 153 cm³/mol. The van der Waals surface area contributed by atoms with Gasteiger partial charge in [-0.15, -0.1) is 11.3 Å². The summed E-state index contributed by atoms with van der Waals surface area (Å²) in [7, 11) is -5.80. The van der Waals surface area contributed by atoms with Crippen molar-refractivity contribution >= 4 is 57.8 Å². The average Bonchev–Trinajstić information content (AvgIpc) is 3.26. The van der Waals surface area contributed by atoms with Gasteiger partial charge in [0.15, 0.2) is 27.5 Å². The highest BCUT2D eigenvalue weighted by molar-refractivity contribution is 7.21. The largest absolute Gasteiger partial charge is 0.437 e. The number of benzene rings is 2. The molecule has 0 saturated carbocycles. The van der Waals surface area contributed by atoms with Crippen molar-refractivity contribution in [1.29, 1.82) is 0 Å². The van der Waals surface area contributed by atoms with Gasteiger partial charge in [-0.05, 0) is 82.1 Å². The summed E-state index contributed by atoms with van der Waals surface area (Å²) < 4.78 is 17.1. The molecule has 0 fully saturated rings. The first-order chi connectivity index (χ1) is 15.8. The fraction of sp³-hybridized carbons (Fsp3) is 0.440. The highest BCUT2D eigenvalue weighted by atomic mass is 32.1. The minimum absolute atomic E-state index is 0.384. The van der Waals surface area contributed by atoms with Crippen LogP contribution in [0.4, 0.5) is 0 Å². The monoisotopic (exact) mass is 527 g/mol. The summed E-state index contributed by atoms with van der Waals surface area (Å²) in [5, 5.41) is 0.973. The Balaban J connectivity index is 1.68. The van der Waals surface area contributed by atoms with E-state index in [1.165, 1.54) is 4.70 Å². The molecule has 0 aliphatic heterocycles. The van der Waals surface area contributed by atoms with Gasteiger partial charge in [-0.25, -0.2) is 9.97 Å². The van der Waals surface area contributed by atoms with Gasteiger partial charge in [-0.3, -0.25) is 0 Å². The zero-order valence-electron chi connectivity index (χ0n) is 21.7. The molecular formula is C25H37N3O2SSi3. The molecule has 9 heteroatoms. The fourth-order valence-electron chi connectivity index (χ4n) is 4.80. The quantitative estimate of drug-likeness (QED) is 0.209. The smallest absolute Gasteiger partial charge is 0.314 e. The van der Waals surface area contributed by atoms with Crippen LogP contribution in [-0.4, -0.2) is 39.7 Å². The van der Waals surface area contributed by atoms with Crippen molar-refractivity contribution < 1.29 is 8.23 Å². The van der Waals surface area contributed by atoms with Gasteiger partial charge in [0.25, 0.3) is 0 Å². The molecule has 2 heterocycles. The molecule has 34 heavy (non-hydrogen) atoms. The molecule has 0 aliphatic carbocycles. The number of hydrogen-bond donors (Lipinski definition) is 0. The molecule has 1 atom stereocenters. The van der Waals surface area contributed by atoms with E-state index < -0.39 is 25.2 Å². The number of imidazole rings is 1. The second-order valence-electron chi connectivity index (χ2n) is 11.4. The minimum Gasteiger partial charge on any atom is -0.437 e. The third kappa shape index (κ3) is 6.13. The van der Waals surface area contributed by atoms with Gasteiger partial charge < -0.3 is 12.8 Å². The third-order valence-corrected chi connectivity index (χ3v) is 16.2. The predicted octanol–water partition coefficient (Wildman–Crippen LogP) is 7.72. The summed E-state index contributed by atoms with van der Waals surface area (Å²) in [5.41, 5.74) is 3.20. The van der Waals surface area contributed by atoms with Gasteiger partial charge in [0.05, 0.1) is 21.3 Å². The highest BCUT2D eigenvalue weighted by Crippen LogP contribution is 2.34. The van der Waals surface area contributed by atoms with Crippen LogP contribution in [0.1, 0.15) is 6.92 Å². The van der Waals surface area contributed by atoms with Crippen LogP contribution in [0.15, 0.2) is 48.5 Å². The number of hydrogen-bond acceptors (Lipinski definition) is 5. The van der Waals surface area contributed by atoms with Crippen molar-refractivity contribution in [2.24, 2.45) is 5.92 Å². The van der Waals surface area contributed by atoms with E-state index in [1.54, 1.807) is 11.3 Å². The minimum atomic E-state index is -2.33. The van der Waals surface area contributed by atoms with Crippen LogP contribution in [0.5, 0.6) is 0 Å². The van der Waals surface area contributed by atoms with Crippen LogP contribution in [-0.2, 0) is 14.8 Å². The Bertz CT molecular complexity index is 1240. The maximum Gasteiger partial charge on any atom is 0.314 e. The Morgan fingerprint density at radius 2 is 1.41 bits per heavy atom. The van der Waals surface area contributed by atoms with Crippen molar-refractivity contribution in [3.8, 4) is 10.8 Å². The Hall–Kier alpha value is -1.63. The normalized spacial score (nSPS) is 14.2. The summed E-state index contributed by atoms with van der Waals surface area (Å²) in [4.78, 5) is 9.94. The van der Waals surface area contributed by atoms with E-state index in [9.17, 15) is 0 Å². The first-order valence-corrected chi connectivity index (χ1v) is 22.2. The lowest BCUT2D eigenvalue weighted by molar-refractivity contribution is 0.362. The van der Waals surface area contributed by atoms with Gasteiger partial charge in [-0.2, -0.15) is 0 Å². The molecule has 4 rings (SSSR count). The molecule has 0 aliphatic rings. The van der Waals surface area contributed by atoms with Crippen LogP contribution in [0.3, 0.4) is 0 Å². The molecule has 2 aromatic carbocycles. The first-order valence-electron chi connectivity index (χ1n) is 12.0. The van der Waals surface area contributed by atoms with Gasteiger partial charge in [0, 0.05) is 6.54 Å². The molecule has 0 spiro atoms. The maximum absolute atomic E-state index is 6.79. The molecular weight excluding hydrogens is 491 g/mol. The van der Waals surface area contributed by atoms with E-state index in [2.05, 4.69) is 99.8 Å². The van der Waals surface area contributed by atoms with Crippen molar-refractivity contribution in [2.75, 3.05) is 0 Å². The molecule has 0 amide bonds. The molecule has 5 nitrogen and oxygen atoms in total. The number of rotatable bonds is 9. The summed E-state index contributed by atoms with van der Waals surface area (Å²) in [6.45, 7) is 19.1.